The molecule has 1 fully saturated rings. The molecule has 2 nitrogen and oxygen atoms in total. The van der Waals surface area contributed by atoms with Gasteiger partial charge in [-0.2, -0.15) is 0 Å². The number of carbonyl (C=O) groups excluding carboxylic acids is 1. The first kappa shape index (κ1) is 6.08. The van der Waals surface area contributed by atoms with Crippen LogP contribution in [-0.4, -0.2) is 17.9 Å². The molecule has 0 radical (unpaired) electrons. The normalized spacial score (nSPS) is 28.1. The monoisotopic (exact) mass is 178 g/mol. The molecule has 1 atom stereocenters. The molecule has 0 N–H and O–H groups in total. The van der Waals surface area contributed by atoms with Gasteiger partial charge >= 0.3 is 5.97 Å². The number of rotatable bonds is 1. The Balaban J connectivity index is 2.32. The molecular formula is C5H7BrO2. The summed E-state index contributed by atoms with van der Waals surface area (Å²) in [6.07, 6.45) is 0.589. The van der Waals surface area contributed by atoms with E-state index in [0.717, 1.165) is 5.33 Å². The van der Waals surface area contributed by atoms with E-state index in [-0.39, 0.29) is 5.97 Å². The van der Waals surface area contributed by atoms with Crippen LogP contribution in [0.15, 0.2) is 0 Å². The van der Waals surface area contributed by atoms with Crippen molar-refractivity contribution in [3.05, 3.63) is 0 Å². The van der Waals surface area contributed by atoms with Gasteiger partial charge in [-0.1, -0.05) is 15.9 Å². The zero-order valence-corrected chi connectivity index (χ0v) is 5.98. The van der Waals surface area contributed by atoms with E-state index in [1.165, 1.54) is 0 Å². The van der Waals surface area contributed by atoms with E-state index >= 15 is 0 Å². The predicted octanol–water partition coefficient (Wildman–Crippen LogP) is 0.944. The summed E-state index contributed by atoms with van der Waals surface area (Å²) in [7, 11) is 0. The van der Waals surface area contributed by atoms with Crippen molar-refractivity contribution in [2.45, 2.75) is 6.42 Å². The van der Waals surface area contributed by atoms with Gasteiger partial charge < -0.3 is 4.74 Å². The van der Waals surface area contributed by atoms with E-state index < -0.39 is 0 Å². The zero-order valence-electron chi connectivity index (χ0n) is 4.39. The van der Waals surface area contributed by atoms with Crippen LogP contribution in [0.3, 0.4) is 0 Å². The standard InChI is InChI=1S/C5H7BrO2/c6-2-4-1-5(7)8-3-4/h4H,1-3H2/t4-/m1/s1. The molecule has 0 bridgehead atoms. The maximum atomic E-state index is 10.4. The van der Waals surface area contributed by atoms with Gasteiger partial charge in [0.1, 0.15) is 0 Å². The molecule has 0 aromatic heterocycles. The van der Waals surface area contributed by atoms with Crippen molar-refractivity contribution in [1.29, 1.82) is 0 Å². The van der Waals surface area contributed by atoms with Gasteiger partial charge in [-0.15, -0.1) is 0 Å². The van der Waals surface area contributed by atoms with Crippen LogP contribution in [0.2, 0.25) is 0 Å². The first-order valence-electron chi connectivity index (χ1n) is 2.54. The Morgan fingerprint density at radius 1 is 1.88 bits per heavy atom. The van der Waals surface area contributed by atoms with Crippen molar-refractivity contribution >= 4 is 21.9 Å². The minimum absolute atomic E-state index is 0.0607. The second kappa shape index (κ2) is 2.49. The molecule has 1 aliphatic heterocycles. The quantitative estimate of drug-likeness (QED) is 0.442. The molecule has 0 amide bonds. The minimum atomic E-state index is -0.0607. The van der Waals surface area contributed by atoms with E-state index in [9.17, 15) is 4.79 Å². The third-order valence-corrected chi connectivity index (χ3v) is 2.07. The van der Waals surface area contributed by atoms with Crippen LogP contribution < -0.4 is 0 Å². The number of alkyl halides is 1. The number of carbonyl (C=O) groups is 1. The average Bonchev–Trinajstić information content (AvgIpc) is 2.14. The molecule has 1 saturated heterocycles. The highest BCUT2D eigenvalue weighted by atomic mass is 79.9. The van der Waals surface area contributed by atoms with Gasteiger partial charge in [0.25, 0.3) is 0 Å². The molecule has 1 aliphatic rings. The number of hydrogen-bond acceptors (Lipinski definition) is 2. The first-order chi connectivity index (χ1) is 3.83. The van der Waals surface area contributed by atoms with Crippen LogP contribution >= 0.6 is 15.9 Å². The van der Waals surface area contributed by atoms with E-state index in [1.54, 1.807) is 0 Å². The maximum absolute atomic E-state index is 10.4. The lowest BCUT2D eigenvalue weighted by atomic mass is 10.2. The Hall–Kier alpha value is -0.0500. The summed E-state index contributed by atoms with van der Waals surface area (Å²) in [5.74, 6) is 0.358. The van der Waals surface area contributed by atoms with Crippen LogP contribution in [0.4, 0.5) is 0 Å². The Bertz CT molecular complexity index is 103. The zero-order chi connectivity index (χ0) is 5.98. The highest BCUT2D eigenvalue weighted by Crippen LogP contribution is 2.15. The third kappa shape index (κ3) is 1.22. The molecule has 0 saturated carbocycles. The van der Waals surface area contributed by atoms with Gasteiger partial charge in [-0.25, -0.2) is 0 Å². The number of ether oxygens (including phenoxy) is 1. The summed E-state index contributed by atoms with van der Waals surface area (Å²) in [6.45, 7) is 0.601. The van der Waals surface area contributed by atoms with Crippen LogP contribution in [-0.2, 0) is 9.53 Å². The predicted molar refractivity (Wildman–Crippen MR) is 32.9 cm³/mol. The van der Waals surface area contributed by atoms with Gasteiger partial charge in [0.05, 0.1) is 13.0 Å². The molecule has 3 heteroatoms. The number of cyclic esters (lactones) is 1. The first-order valence-corrected chi connectivity index (χ1v) is 3.66. The molecule has 8 heavy (non-hydrogen) atoms. The number of esters is 1. The summed E-state index contributed by atoms with van der Waals surface area (Å²) in [6, 6.07) is 0. The van der Waals surface area contributed by atoms with E-state index in [1.807, 2.05) is 0 Å². The Labute approximate surface area is 56.3 Å². The molecule has 0 aromatic rings. The van der Waals surface area contributed by atoms with Crippen LogP contribution in [0, 0.1) is 5.92 Å². The topological polar surface area (TPSA) is 26.3 Å². The maximum Gasteiger partial charge on any atom is 0.306 e. The summed E-state index contributed by atoms with van der Waals surface area (Å²) < 4.78 is 4.69. The van der Waals surface area contributed by atoms with Crippen LogP contribution in [0.1, 0.15) is 6.42 Å². The Morgan fingerprint density at radius 3 is 2.88 bits per heavy atom. The van der Waals surface area contributed by atoms with Crippen molar-refractivity contribution < 1.29 is 9.53 Å². The molecule has 46 valence electrons. The lowest BCUT2D eigenvalue weighted by Gasteiger charge is -1.94. The summed E-state index contributed by atoms with van der Waals surface area (Å²) in [5, 5.41) is 0.874. The molecule has 1 heterocycles. The van der Waals surface area contributed by atoms with Gasteiger partial charge in [0, 0.05) is 11.2 Å². The molecule has 0 aliphatic carbocycles. The van der Waals surface area contributed by atoms with Crippen molar-refractivity contribution in [3.8, 4) is 0 Å². The smallest absolute Gasteiger partial charge is 0.306 e. The van der Waals surface area contributed by atoms with E-state index in [0.29, 0.717) is 18.9 Å². The fraction of sp³-hybridized carbons (Fsp3) is 0.800. The van der Waals surface area contributed by atoms with Crippen molar-refractivity contribution in [2.75, 3.05) is 11.9 Å². The number of hydrogen-bond donors (Lipinski definition) is 0. The highest BCUT2D eigenvalue weighted by Gasteiger charge is 2.21. The van der Waals surface area contributed by atoms with Crippen LogP contribution in [0.5, 0.6) is 0 Å². The van der Waals surface area contributed by atoms with Gasteiger partial charge in [0.2, 0.25) is 0 Å². The Morgan fingerprint density at radius 2 is 2.62 bits per heavy atom. The molecule has 0 unspecified atom stereocenters. The van der Waals surface area contributed by atoms with Crippen molar-refractivity contribution in [3.63, 3.8) is 0 Å². The van der Waals surface area contributed by atoms with E-state index in [4.69, 9.17) is 0 Å². The third-order valence-electron chi connectivity index (χ3n) is 1.15. The van der Waals surface area contributed by atoms with Crippen molar-refractivity contribution in [2.24, 2.45) is 5.92 Å². The second-order valence-electron chi connectivity index (χ2n) is 1.91. The lowest BCUT2D eigenvalue weighted by molar-refractivity contribution is -0.137. The summed E-state index contributed by atoms with van der Waals surface area (Å²) in [5.41, 5.74) is 0. The largest absolute Gasteiger partial charge is 0.465 e. The second-order valence-corrected chi connectivity index (χ2v) is 2.55. The van der Waals surface area contributed by atoms with Crippen molar-refractivity contribution in [1.82, 2.24) is 0 Å². The average molecular weight is 179 g/mol. The Kier molecular flexibility index (Phi) is 1.89. The lowest BCUT2D eigenvalue weighted by Crippen LogP contribution is -1.98. The van der Waals surface area contributed by atoms with Crippen LogP contribution in [0.25, 0.3) is 0 Å². The summed E-state index contributed by atoms with van der Waals surface area (Å²) in [4.78, 5) is 10.4. The molecule has 0 aromatic carbocycles. The van der Waals surface area contributed by atoms with Gasteiger partial charge in [-0.05, 0) is 0 Å². The van der Waals surface area contributed by atoms with E-state index in [2.05, 4.69) is 20.7 Å². The molecule has 1 rings (SSSR count). The fourth-order valence-electron chi connectivity index (χ4n) is 0.663. The SMILES string of the molecule is O=C1C[C@H](CBr)CO1. The highest BCUT2D eigenvalue weighted by molar-refractivity contribution is 9.09. The van der Waals surface area contributed by atoms with Gasteiger partial charge in [-0.3, -0.25) is 4.79 Å². The number of halogens is 1. The fourth-order valence-corrected chi connectivity index (χ4v) is 1.08. The molecule has 0 spiro atoms. The van der Waals surface area contributed by atoms with Gasteiger partial charge in [0.15, 0.2) is 0 Å². The minimum Gasteiger partial charge on any atom is -0.465 e. The molecular weight excluding hydrogens is 172 g/mol. The summed E-state index contributed by atoms with van der Waals surface area (Å²) >= 11 is 3.27.